The molecule has 0 radical (unpaired) electrons. The van der Waals surface area contributed by atoms with Gasteiger partial charge in [-0.15, -0.1) is 5.10 Å². The highest BCUT2D eigenvalue weighted by Gasteiger charge is 2.26. The molecule has 1 fully saturated rings. The number of amides is 1. The van der Waals surface area contributed by atoms with Crippen LogP contribution in [0, 0.1) is 5.82 Å². The Bertz CT molecular complexity index is 914. The number of anilines is 1. The van der Waals surface area contributed by atoms with E-state index in [1.54, 1.807) is 47.5 Å². The molecule has 0 bridgehead atoms. The maximum absolute atomic E-state index is 13.9. The van der Waals surface area contributed by atoms with Crippen LogP contribution < -0.4 is 10.2 Å². The molecule has 3 heterocycles. The van der Waals surface area contributed by atoms with Crippen LogP contribution in [0.25, 0.3) is 5.69 Å². The molecule has 1 saturated heterocycles. The van der Waals surface area contributed by atoms with E-state index in [9.17, 15) is 9.18 Å². The average Bonchev–Trinajstić information content (AvgIpc) is 3.34. The highest BCUT2D eigenvalue weighted by atomic mass is 19.1. The number of hydrogen-bond donors (Lipinski definition) is 1. The van der Waals surface area contributed by atoms with E-state index in [0.717, 1.165) is 12.1 Å². The van der Waals surface area contributed by atoms with Crippen molar-refractivity contribution in [1.29, 1.82) is 0 Å². The summed E-state index contributed by atoms with van der Waals surface area (Å²) in [5.74, 6) is -0.183. The summed E-state index contributed by atoms with van der Waals surface area (Å²) < 4.78 is 15.5. The zero-order valence-electron chi connectivity index (χ0n) is 13.9. The molecule has 3 aromatic rings. The van der Waals surface area contributed by atoms with Gasteiger partial charge in [0.15, 0.2) is 11.6 Å². The van der Waals surface area contributed by atoms with Gasteiger partial charge in [0.2, 0.25) is 0 Å². The van der Waals surface area contributed by atoms with Crippen molar-refractivity contribution in [3.63, 3.8) is 0 Å². The van der Waals surface area contributed by atoms with E-state index in [1.807, 2.05) is 11.0 Å². The van der Waals surface area contributed by atoms with E-state index in [4.69, 9.17) is 0 Å². The standard InChI is InChI=1S/C18H17FN6O/c19-16-5-2-7-20-17(16)24-9-6-14(12-24)22-18(26)13-3-1-4-15(11-13)25-10-8-21-23-25/h1-5,7-8,10-11,14H,6,9,12H2,(H,22,26). The summed E-state index contributed by atoms with van der Waals surface area (Å²) in [7, 11) is 0. The van der Waals surface area contributed by atoms with Crippen LogP contribution in [0.4, 0.5) is 10.2 Å². The Kier molecular flexibility index (Phi) is 4.30. The maximum Gasteiger partial charge on any atom is 0.251 e. The Balaban J connectivity index is 1.43. The van der Waals surface area contributed by atoms with Crippen LogP contribution >= 0.6 is 0 Å². The SMILES string of the molecule is O=C(NC1CCN(c2ncccc2F)C1)c1cccc(-n2ccnn2)c1. The number of aromatic nitrogens is 4. The molecule has 8 heteroatoms. The second-order valence-electron chi connectivity index (χ2n) is 6.11. The Hall–Kier alpha value is -3.29. The molecule has 7 nitrogen and oxygen atoms in total. The minimum atomic E-state index is -0.347. The van der Waals surface area contributed by atoms with Gasteiger partial charge < -0.3 is 10.2 Å². The lowest BCUT2D eigenvalue weighted by molar-refractivity contribution is 0.0940. The monoisotopic (exact) mass is 352 g/mol. The first kappa shape index (κ1) is 16.2. The molecule has 0 spiro atoms. The molecule has 0 aliphatic carbocycles. The van der Waals surface area contributed by atoms with E-state index in [0.29, 0.717) is 24.5 Å². The molecule has 26 heavy (non-hydrogen) atoms. The van der Waals surface area contributed by atoms with E-state index in [1.165, 1.54) is 6.07 Å². The van der Waals surface area contributed by atoms with Crippen LogP contribution in [0.15, 0.2) is 55.0 Å². The van der Waals surface area contributed by atoms with Gasteiger partial charge in [-0.2, -0.15) is 0 Å². The van der Waals surface area contributed by atoms with Gasteiger partial charge >= 0.3 is 0 Å². The van der Waals surface area contributed by atoms with Crippen LogP contribution in [0.1, 0.15) is 16.8 Å². The third-order valence-corrected chi connectivity index (χ3v) is 4.36. The molecule has 2 aromatic heterocycles. The summed E-state index contributed by atoms with van der Waals surface area (Å²) in [4.78, 5) is 18.5. The quantitative estimate of drug-likeness (QED) is 0.775. The van der Waals surface area contributed by atoms with Gasteiger partial charge in [-0.3, -0.25) is 4.79 Å². The number of pyridine rings is 1. The zero-order valence-corrected chi connectivity index (χ0v) is 13.9. The van der Waals surface area contributed by atoms with Gasteiger partial charge in [0.25, 0.3) is 5.91 Å². The Morgan fingerprint density at radius 2 is 2.15 bits per heavy atom. The fourth-order valence-electron chi connectivity index (χ4n) is 3.08. The number of carbonyl (C=O) groups excluding carboxylic acids is 1. The van der Waals surface area contributed by atoms with Gasteiger partial charge in [-0.1, -0.05) is 11.3 Å². The number of rotatable bonds is 4. The first-order chi connectivity index (χ1) is 12.7. The molecule has 1 N–H and O–H groups in total. The lowest BCUT2D eigenvalue weighted by atomic mass is 10.1. The number of nitrogens with zero attached hydrogens (tertiary/aromatic N) is 5. The molecule has 1 aromatic carbocycles. The largest absolute Gasteiger partial charge is 0.352 e. The van der Waals surface area contributed by atoms with Gasteiger partial charge in [-0.25, -0.2) is 14.1 Å². The van der Waals surface area contributed by atoms with Crippen molar-refractivity contribution in [2.24, 2.45) is 0 Å². The van der Waals surface area contributed by atoms with Crippen molar-refractivity contribution >= 4 is 11.7 Å². The minimum Gasteiger partial charge on any atom is -0.352 e. The normalized spacial score (nSPS) is 16.7. The highest BCUT2D eigenvalue weighted by Crippen LogP contribution is 2.21. The number of halogens is 1. The van der Waals surface area contributed by atoms with Crippen LogP contribution in [0.2, 0.25) is 0 Å². The number of benzene rings is 1. The molecular formula is C18H17FN6O. The fourth-order valence-corrected chi connectivity index (χ4v) is 3.08. The molecule has 1 atom stereocenters. The van der Waals surface area contributed by atoms with Crippen molar-refractivity contribution in [3.8, 4) is 5.69 Å². The first-order valence-electron chi connectivity index (χ1n) is 8.34. The summed E-state index contributed by atoms with van der Waals surface area (Å²) in [5.41, 5.74) is 1.30. The number of carbonyl (C=O) groups is 1. The Morgan fingerprint density at radius 1 is 1.23 bits per heavy atom. The highest BCUT2D eigenvalue weighted by molar-refractivity contribution is 5.95. The molecule has 1 unspecified atom stereocenters. The van der Waals surface area contributed by atoms with Crippen molar-refractivity contribution in [2.75, 3.05) is 18.0 Å². The summed E-state index contributed by atoms with van der Waals surface area (Å²) in [6.07, 6.45) is 5.61. The number of nitrogens with one attached hydrogen (secondary N) is 1. The van der Waals surface area contributed by atoms with Gasteiger partial charge in [0.05, 0.1) is 18.1 Å². The third kappa shape index (κ3) is 3.26. The molecule has 132 valence electrons. The predicted molar refractivity (Wildman–Crippen MR) is 93.6 cm³/mol. The van der Waals surface area contributed by atoms with Crippen molar-refractivity contribution < 1.29 is 9.18 Å². The van der Waals surface area contributed by atoms with E-state index in [2.05, 4.69) is 20.6 Å². The van der Waals surface area contributed by atoms with Gasteiger partial charge in [-0.05, 0) is 36.8 Å². The zero-order chi connectivity index (χ0) is 17.9. The lowest BCUT2D eigenvalue weighted by Crippen LogP contribution is -2.37. The molecule has 4 rings (SSSR count). The topological polar surface area (TPSA) is 75.9 Å². The molecule has 1 amide bonds. The second-order valence-corrected chi connectivity index (χ2v) is 6.11. The van der Waals surface area contributed by atoms with Crippen molar-refractivity contribution in [3.05, 3.63) is 66.4 Å². The van der Waals surface area contributed by atoms with Crippen LogP contribution in [0.5, 0.6) is 0 Å². The second kappa shape index (κ2) is 6.91. The molecule has 0 saturated carbocycles. The Morgan fingerprint density at radius 3 is 2.96 bits per heavy atom. The molecular weight excluding hydrogens is 335 g/mol. The summed E-state index contributed by atoms with van der Waals surface area (Å²) in [6.45, 7) is 1.18. The van der Waals surface area contributed by atoms with Crippen LogP contribution in [-0.2, 0) is 0 Å². The first-order valence-corrected chi connectivity index (χ1v) is 8.34. The Labute approximate surface area is 149 Å². The molecule has 1 aliphatic heterocycles. The summed E-state index contributed by atoms with van der Waals surface area (Å²) in [5, 5.41) is 10.7. The third-order valence-electron chi connectivity index (χ3n) is 4.36. The van der Waals surface area contributed by atoms with E-state index < -0.39 is 0 Å². The average molecular weight is 352 g/mol. The maximum atomic E-state index is 13.9. The molecule has 1 aliphatic rings. The van der Waals surface area contributed by atoms with Crippen molar-refractivity contribution in [2.45, 2.75) is 12.5 Å². The minimum absolute atomic E-state index is 0.0565. The summed E-state index contributed by atoms with van der Waals surface area (Å²) >= 11 is 0. The lowest BCUT2D eigenvalue weighted by Gasteiger charge is -2.18. The van der Waals surface area contributed by atoms with Crippen molar-refractivity contribution in [1.82, 2.24) is 25.3 Å². The number of hydrogen-bond acceptors (Lipinski definition) is 5. The predicted octanol–water partition coefficient (Wildman–Crippen LogP) is 1.81. The van der Waals surface area contributed by atoms with Crippen LogP contribution in [-0.4, -0.2) is 45.0 Å². The van der Waals surface area contributed by atoms with Crippen LogP contribution in [0.3, 0.4) is 0 Å². The van der Waals surface area contributed by atoms with Gasteiger partial charge in [0, 0.05) is 30.9 Å². The summed E-state index contributed by atoms with van der Waals surface area (Å²) in [6, 6.07) is 10.1. The van der Waals surface area contributed by atoms with E-state index >= 15 is 0 Å². The smallest absolute Gasteiger partial charge is 0.251 e. The van der Waals surface area contributed by atoms with E-state index in [-0.39, 0.29) is 17.8 Å². The van der Waals surface area contributed by atoms with Gasteiger partial charge in [0.1, 0.15) is 0 Å². The fraction of sp³-hybridized carbons (Fsp3) is 0.222.